The van der Waals surface area contributed by atoms with E-state index in [0.717, 1.165) is 31.7 Å². The lowest BCUT2D eigenvalue weighted by molar-refractivity contribution is 0.0664. The van der Waals surface area contributed by atoms with Gasteiger partial charge in [-0.05, 0) is 31.7 Å². The van der Waals surface area contributed by atoms with Gasteiger partial charge < -0.3 is 9.80 Å². The van der Waals surface area contributed by atoms with Gasteiger partial charge in [0.25, 0.3) is 5.91 Å². The van der Waals surface area contributed by atoms with Gasteiger partial charge in [0.05, 0.1) is 0 Å². The number of halogens is 2. The second-order valence-electron chi connectivity index (χ2n) is 4.66. The number of piperazine rings is 1. The lowest BCUT2D eigenvalue weighted by atomic mass is 10.1. The Morgan fingerprint density at radius 3 is 2.11 bits per heavy atom. The number of rotatable bonds is 1. The predicted molar refractivity (Wildman–Crippen MR) is 74.6 cm³/mol. The molecule has 1 aromatic carbocycles. The molecule has 1 fully saturated rings. The summed E-state index contributed by atoms with van der Waals surface area (Å²) in [5, 5.41) is 1.08. The maximum atomic E-state index is 12.3. The fraction of sp³-hybridized carbons (Fsp3) is 0.462. The number of benzene rings is 1. The molecule has 0 aliphatic carbocycles. The number of carbonyl (C=O) groups excluding carboxylic acids is 1. The fourth-order valence-electron chi connectivity index (χ4n) is 1.96. The van der Waals surface area contributed by atoms with Crippen LogP contribution in [0.5, 0.6) is 0 Å². The Balaban J connectivity index is 2.19. The van der Waals surface area contributed by atoms with E-state index in [1.807, 2.05) is 11.8 Å². The molecular weight excluding hydrogens is 271 g/mol. The maximum Gasteiger partial charge on any atom is 0.254 e. The van der Waals surface area contributed by atoms with Gasteiger partial charge in [-0.25, -0.2) is 0 Å². The minimum Gasteiger partial charge on any atom is -0.336 e. The molecule has 1 aliphatic heterocycles. The Bertz CT molecular complexity index is 445. The van der Waals surface area contributed by atoms with Crippen molar-refractivity contribution in [1.29, 1.82) is 0 Å². The number of amides is 1. The molecule has 98 valence electrons. The molecule has 3 nitrogen and oxygen atoms in total. The first kappa shape index (κ1) is 13.7. The zero-order chi connectivity index (χ0) is 13.3. The van der Waals surface area contributed by atoms with Gasteiger partial charge in [-0.2, -0.15) is 0 Å². The topological polar surface area (TPSA) is 23.6 Å². The highest BCUT2D eigenvalue weighted by Gasteiger charge is 2.21. The van der Waals surface area contributed by atoms with Crippen LogP contribution in [0.15, 0.2) is 12.1 Å². The third kappa shape index (κ3) is 2.79. The molecule has 0 unspecified atom stereocenters. The van der Waals surface area contributed by atoms with Crippen LogP contribution in [0.4, 0.5) is 0 Å². The van der Waals surface area contributed by atoms with Crippen molar-refractivity contribution in [2.45, 2.75) is 6.92 Å². The molecule has 1 amide bonds. The second kappa shape index (κ2) is 5.47. The van der Waals surface area contributed by atoms with E-state index < -0.39 is 0 Å². The number of likely N-dealkylation sites (N-methyl/N-ethyl adjacent to an activating group) is 1. The molecule has 0 radical (unpaired) electrons. The number of nitrogens with zero attached hydrogens (tertiary/aromatic N) is 2. The van der Waals surface area contributed by atoms with Crippen LogP contribution >= 0.6 is 23.2 Å². The molecule has 2 rings (SSSR count). The van der Waals surface area contributed by atoms with Gasteiger partial charge in [0, 0.05) is 41.8 Å². The molecule has 1 aliphatic rings. The molecule has 1 saturated heterocycles. The first-order chi connectivity index (χ1) is 8.49. The largest absolute Gasteiger partial charge is 0.336 e. The van der Waals surface area contributed by atoms with E-state index in [0.29, 0.717) is 15.6 Å². The average molecular weight is 287 g/mol. The molecule has 0 bridgehead atoms. The van der Waals surface area contributed by atoms with Crippen LogP contribution in [0.1, 0.15) is 15.9 Å². The summed E-state index contributed by atoms with van der Waals surface area (Å²) in [7, 11) is 2.06. The van der Waals surface area contributed by atoms with Gasteiger partial charge in [0.1, 0.15) is 0 Å². The number of hydrogen-bond acceptors (Lipinski definition) is 2. The van der Waals surface area contributed by atoms with E-state index in [4.69, 9.17) is 23.2 Å². The van der Waals surface area contributed by atoms with Gasteiger partial charge in [-0.15, -0.1) is 0 Å². The highest BCUT2D eigenvalue weighted by molar-refractivity contribution is 6.36. The standard InChI is InChI=1S/C13H16Cl2N2O/c1-9-11(14)7-10(8-12(9)15)13(18)17-5-3-16(2)4-6-17/h7-8H,3-6H2,1-2H3. The summed E-state index contributed by atoms with van der Waals surface area (Å²) >= 11 is 12.1. The van der Waals surface area contributed by atoms with Crippen molar-refractivity contribution in [3.63, 3.8) is 0 Å². The minimum atomic E-state index is 0.00639. The zero-order valence-corrected chi connectivity index (χ0v) is 12.1. The van der Waals surface area contributed by atoms with Crippen LogP contribution < -0.4 is 0 Å². The van der Waals surface area contributed by atoms with E-state index in [9.17, 15) is 4.79 Å². The minimum absolute atomic E-state index is 0.00639. The Kier molecular flexibility index (Phi) is 4.15. The van der Waals surface area contributed by atoms with Crippen molar-refractivity contribution < 1.29 is 4.79 Å². The van der Waals surface area contributed by atoms with E-state index in [1.54, 1.807) is 12.1 Å². The Hall–Kier alpha value is -0.770. The third-order valence-electron chi connectivity index (χ3n) is 3.32. The van der Waals surface area contributed by atoms with E-state index >= 15 is 0 Å². The van der Waals surface area contributed by atoms with Gasteiger partial charge >= 0.3 is 0 Å². The molecule has 1 aromatic rings. The average Bonchev–Trinajstić information content (AvgIpc) is 2.35. The fourth-order valence-corrected chi connectivity index (χ4v) is 2.45. The lowest BCUT2D eigenvalue weighted by Crippen LogP contribution is -2.47. The monoisotopic (exact) mass is 286 g/mol. The molecule has 0 spiro atoms. The van der Waals surface area contributed by atoms with Gasteiger partial charge in [0.15, 0.2) is 0 Å². The maximum absolute atomic E-state index is 12.3. The van der Waals surface area contributed by atoms with Crippen molar-refractivity contribution in [3.8, 4) is 0 Å². The van der Waals surface area contributed by atoms with Crippen molar-refractivity contribution in [3.05, 3.63) is 33.3 Å². The Morgan fingerprint density at radius 2 is 1.61 bits per heavy atom. The summed E-state index contributed by atoms with van der Waals surface area (Å²) in [5.74, 6) is 0.00639. The van der Waals surface area contributed by atoms with Crippen LogP contribution in [0, 0.1) is 6.92 Å². The SMILES string of the molecule is Cc1c(Cl)cc(C(=O)N2CCN(C)CC2)cc1Cl. The van der Waals surface area contributed by atoms with Crippen molar-refractivity contribution in [2.24, 2.45) is 0 Å². The highest BCUT2D eigenvalue weighted by atomic mass is 35.5. The molecule has 0 N–H and O–H groups in total. The second-order valence-corrected chi connectivity index (χ2v) is 5.47. The molecule has 18 heavy (non-hydrogen) atoms. The lowest BCUT2D eigenvalue weighted by Gasteiger charge is -2.32. The van der Waals surface area contributed by atoms with Crippen molar-refractivity contribution >= 4 is 29.1 Å². The van der Waals surface area contributed by atoms with Gasteiger partial charge in [-0.1, -0.05) is 23.2 Å². The predicted octanol–water partition coefficient (Wildman–Crippen LogP) is 2.69. The van der Waals surface area contributed by atoms with E-state index in [1.165, 1.54) is 0 Å². The van der Waals surface area contributed by atoms with E-state index in [2.05, 4.69) is 11.9 Å². The van der Waals surface area contributed by atoms with Gasteiger partial charge in [0.2, 0.25) is 0 Å². The van der Waals surface area contributed by atoms with Crippen molar-refractivity contribution in [2.75, 3.05) is 33.2 Å². The summed E-state index contributed by atoms with van der Waals surface area (Å²) in [6.07, 6.45) is 0. The third-order valence-corrected chi connectivity index (χ3v) is 4.10. The van der Waals surface area contributed by atoms with Crippen LogP contribution in [-0.4, -0.2) is 48.9 Å². The molecule has 5 heteroatoms. The molecule has 0 atom stereocenters. The Labute approximate surface area is 117 Å². The van der Waals surface area contributed by atoms with E-state index in [-0.39, 0.29) is 5.91 Å². The zero-order valence-electron chi connectivity index (χ0n) is 10.5. The first-order valence-corrected chi connectivity index (χ1v) is 6.68. The quantitative estimate of drug-likeness (QED) is 0.793. The Morgan fingerprint density at radius 1 is 1.11 bits per heavy atom. The molecule has 0 aromatic heterocycles. The summed E-state index contributed by atoms with van der Waals surface area (Å²) in [6, 6.07) is 3.40. The number of hydrogen-bond donors (Lipinski definition) is 0. The van der Waals surface area contributed by atoms with Crippen molar-refractivity contribution in [1.82, 2.24) is 9.80 Å². The molecular formula is C13H16Cl2N2O. The summed E-state index contributed by atoms with van der Waals surface area (Å²) in [5.41, 5.74) is 1.38. The molecule has 1 heterocycles. The normalized spacial score (nSPS) is 17.0. The van der Waals surface area contributed by atoms with Crippen LogP contribution in [0.25, 0.3) is 0 Å². The smallest absolute Gasteiger partial charge is 0.254 e. The van der Waals surface area contributed by atoms with Gasteiger partial charge in [-0.3, -0.25) is 4.79 Å². The molecule has 0 saturated carbocycles. The summed E-state index contributed by atoms with van der Waals surface area (Å²) in [4.78, 5) is 16.4. The summed E-state index contributed by atoms with van der Waals surface area (Å²) in [6.45, 7) is 5.14. The number of carbonyl (C=O) groups is 1. The van der Waals surface area contributed by atoms with Crippen LogP contribution in [-0.2, 0) is 0 Å². The first-order valence-electron chi connectivity index (χ1n) is 5.92. The van der Waals surface area contributed by atoms with Crippen LogP contribution in [0.2, 0.25) is 10.0 Å². The van der Waals surface area contributed by atoms with Crippen LogP contribution in [0.3, 0.4) is 0 Å². The highest BCUT2D eigenvalue weighted by Crippen LogP contribution is 2.26. The summed E-state index contributed by atoms with van der Waals surface area (Å²) < 4.78 is 0.